The van der Waals surface area contributed by atoms with Crippen LogP contribution in [0.3, 0.4) is 0 Å². The third kappa shape index (κ3) is 11.0. The Bertz CT molecular complexity index is 480. The molecule has 6 heteroatoms. The molecule has 0 bridgehead atoms. The fourth-order valence-electron chi connectivity index (χ4n) is 3.55. The third-order valence-electron chi connectivity index (χ3n) is 4.69. The van der Waals surface area contributed by atoms with Crippen LogP contribution in [0.5, 0.6) is 0 Å². The smallest absolute Gasteiger partial charge is 1.00 e. The molecule has 0 aromatic carbocycles. The summed E-state index contributed by atoms with van der Waals surface area (Å²) >= 11 is 0. The Labute approximate surface area is 185 Å². The van der Waals surface area contributed by atoms with E-state index in [0.717, 1.165) is 12.8 Å². The van der Waals surface area contributed by atoms with Crippen LogP contribution < -0.4 is 12.4 Å². The van der Waals surface area contributed by atoms with Gasteiger partial charge in [-0.25, -0.2) is 12.0 Å². The van der Waals surface area contributed by atoms with Gasteiger partial charge < -0.3 is 22.6 Å². The summed E-state index contributed by atoms with van der Waals surface area (Å²) in [5, 5.41) is 15.8. The molecule has 3 aliphatic carbocycles. The van der Waals surface area contributed by atoms with Crippen LogP contribution in [-0.4, -0.2) is 22.2 Å². The fraction of sp³-hybridized carbons (Fsp3) is 0.667. The monoisotopic (exact) mass is 432 g/mol. The topological polar surface area (TPSA) is 74.6 Å². The van der Waals surface area contributed by atoms with E-state index in [2.05, 4.69) is 6.42 Å². The molecule has 0 saturated carbocycles. The SMILES string of the molecule is CCCC(=O)O.CCCC(=O)O.[CH-]1CCCC2=C1CC1=C2CCCC1.[Cl-].[Ti+2]. The average Bonchev–Trinajstić information content (AvgIpc) is 2.94. The number of carboxylic acid groups (broad SMARTS) is 2. The van der Waals surface area contributed by atoms with Crippen LogP contribution in [-0.2, 0) is 31.3 Å². The van der Waals surface area contributed by atoms with Crippen LogP contribution in [0, 0.1) is 6.42 Å². The quantitative estimate of drug-likeness (QED) is 0.529. The van der Waals surface area contributed by atoms with E-state index in [4.69, 9.17) is 10.2 Å². The third-order valence-corrected chi connectivity index (χ3v) is 4.69. The molecule has 0 heterocycles. The summed E-state index contributed by atoms with van der Waals surface area (Å²) in [6.45, 7) is 3.68. The summed E-state index contributed by atoms with van der Waals surface area (Å²) in [5.74, 6) is -1.42. The summed E-state index contributed by atoms with van der Waals surface area (Å²) in [6, 6.07) is 0. The molecule has 0 amide bonds. The first-order valence-corrected chi connectivity index (χ1v) is 9.69. The van der Waals surface area contributed by atoms with Crippen LogP contribution in [0.25, 0.3) is 0 Å². The standard InChI is InChI=1S/C13H17.2C4H8O2.ClH.Ti/c1-3-7-12-10(5-1)9-11-6-2-4-8-13(11)12;2*1-2-3-4(5)6;;/h5H,1-4,6-9H2;2*2-3H2,1H3,(H,5,6);1H;/q-1;;;;+2/p-1. The number of rotatable bonds is 4. The maximum atomic E-state index is 9.60. The summed E-state index contributed by atoms with van der Waals surface area (Å²) in [7, 11) is 0. The summed E-state index contributed by atoms with van der Waals surface area (Å²) in [5.41, 5.74) is 7.06. The number of hydrogen-bond acceptors (Lipinski definition) is 2. The molecule has 0 aromatic heterocycles. The number of fused-ring (bicyclic) bond motifs is 1. The van der Waals surface area contributed by atoms with Crippen LogP contribution in [0.1, 0.15) is 90.9 Å². The van der Waals surface area contributed by atoms with Gasteiger partial charge in [0, 0.05) is 12.8 Å². The van der Waals surface area contributed by atoms with Gasteiger partial charge in [-0.15, -0.1) is 12.0 Å². The van der Waals surface area contributed by atoms with E-state index < -0.39 is 11.9 Å². The van der Waals surface area contributed by atoms with E-state index in [0.29, 0.717) is 12.8 Å². The Hall–Kier alpha value is -0.706. The van der Waals surface area contributed by atoms with Gasteiger partial charge in [-0.05, 0) is 38.5 Å². The molecule has 0 aliphatic heterocycles. The molecule has 0 saturated heterocycles. The van der Waals surface area contributed by atoms with E-state index >= 15 is 0 Å². The number of aliphatic carboxylic acids is 2. The predicted molar refractivity (Wildman–Crippen MR) is 100 cm³/mol. The van der Waals surface area contributed by atoms with Crippen molar-refractivity contribution in [2.75, 3.05) is 0 Å². The van der Waals surface area contributed by atoms with Crippen LogP contribution >= 0.6 is 0 Å². The number of hydrogen-bond donors (Lipinski definition) is 2. The normalized spacial score (nSPS) is 16.7. The molecule has 4 nitrogen and oxygen atoms in total. The molecule has 3 rings (SSSR count). The van der Waals surface area contributed by atoms with E-state index in [9.17, 15) is 9.59 Å². The Kier molecular flexibility index (Phi) is 17.2. The zero-order valence-electron chi connectivity index (χ0n) is 16.7. The predicted octanol–water partition coefficient (Wildman–Crippen LogP) is 2.69. The van der Waals surface area contributed by atoms with Crippen LogP contribution in [0.2, 0.25) is 0 Å². The van der Waals surface area contributed by atoms with Gasteiger partial charge in [-0.1, -0.05) is 38.7 Å². The molecular formula is C21H33ClO4Ti. The maximum absolute atomic E-state index is 9.60. The van der Waals surface area contributed by atoms with E-state index in [1.807, 2.05) is 13.8 Å². The van der Waals surface area contributed by atoms with Gasteiger partial charge in [0.05, 0.1) is 0 Å². The Morgan fingerprint density at radius 2 is 1.41 bits per heavy atom. The minimum absolute atomic E-state index is 0. The summed E-state index contributed by atoms with van der Waals surface area (Å²) in [6.07, 6.45) is 15.7. The van der Waals surface area contributed by atoms with Crippen molar-refractivity contribution in [3.63, 3.8) is 0 Å². The van der Waals surface area contributed by atoms with Crippen molar-refractivity contribution in [3.8, 4) is 0 Å². The molecule has 27 heavy (non-hydrogen) atoms. The van der Waals surface area contributed by atoms with Crippen LogP contribution in [0.15, 0.2) is 22.3 Å². The van der Waals surface area contributed by atoms with Crippen molar-refractivity contribution in [1.82, 2.24) is 0 Å². The Balaban J connectivity index is 0. The first kappa shape index (κ1) is 28.5. The molecule has 0 aromatic rings. The molecule has 3 aliphatic rings. The van der Waals surface area contributed by atoms with E-state index in [1.54, 1.807) is 22.3 Å². The zero-order chi connectivity index (χ0) is 18.7. The number of carbonyl (C=O) groups is 2. The van der Waals surface area contributed by atoms with Crippen molar-refractivity contribution in [2.45, 2.75) is 90.9 Å². The van der Waals surface area contributed by atoms with Crippen LogP contribution in [0.4, 0.5) is 0 Å². The minimum atomic E-state index is -0.711. The van der Waals surface area contributed by atoms with Crippen molar-refractivity contribution in [2.24, 2.45) is 0 Å². The van der Waals surface area contributed by atoms with Gasteiger partial charge in [0.15, 0.2) is 0 Å². The average molecular weight is 433 g/mol. The van der Waals surface area contributed by atoms with Crippen molar-refractivity contribution in [1.29, 1.82) is 0 Å². The Morgan fingerprint density at radius 1 is 0.889 bits per heavy atom. The maximum Gasteiger partial charge on any atom is 2.00 e. The van der Waals surface area contributed by atoms with Gasteiger partial charge >= 0.3 is 33.7 Å². The fourth-order valence-corrected chi connectivity index (χ4v) is 3.55. The number of carboxylic acids is 2. The van der Waals surface area contributed by atoms with E-state index in [-0.39, 0.29) is 34.1 Å². The molecular weight excluding hydrogens is 400 g/mol. The van der Waals surface area contributed by atoms with Gasteiger partial charge in [-0.2, -0.15) is 5.57 Å². The molecule has 2 N–H and O–H groups in total. The molecule has 0 atom stereocenters. The largest absolute Gasteiger partial charge is 2.00 e. The zero-order valence-corrected chi connectivity index (χ0v) is 19.0. The molecule has 152 valence electrons. The Morgan fingerprint density at radius 3 is 1.89 bits per heavy atom. The van der Waals surface area contributed by atoms with Gasteiger partial charge in [0.1, 0.15) is 0 Å². The molecule has 0 fully saturated rings. The second kappa shape index (κ2) is 16.3. The van der Waals surface area contributed by atoms with E-state index in [1.165, 1.54) is 51.4 Å². The van der Waals surface area contributed by atoms with Crippen molar-refractivity contribution < 1.29 is 53.9 Å². The second-order valence-electron chi connectivity index (χ2n) is 6.85. The molecule has 0 spiro atoms. The summed E-state index contributed by atoms with van der Waals surface area (Å²) in [4.78, 5) is 19.2. The first-order valence-electron chi connectivity index (χ1n) is 9.69. The number of allylic oxidation sites excluding steroid dienone is 4. The second-order valence-corrected chi connectivity index (χ2v) is 6.85. The summed E-state index contributed by atoms with van der Waals surface area (Å²) < 4.78 is 0. The minimum Gasteiger partial charge on any atom is -1.00 e. The number of halogens is 1. The first-order chi connectivity index (χ1) is 12.0. The van der Waals surface area contributed by atoms with Crippen molar-refractivity contribution in [3.05, 3.63) is 28.7 Å². The van der Waals surface area contributed by atoms with Gasteiger partial charge in [0.2, 0.25) is 0 Å². The molecule has 0 radical (unpaired) electrons. The molecule has 0 unspecified atom stereocenters. The van der Waals surface area contributed by atoms with Gasteiger partial charge in [-0.3, -0.25) is 9.59 Å². The van der Waals surface area contributed by atoms with Crippen molar-refractivity contribution >= 4 is 11.9 Å². The van der Waals surface area contributed by atoms with Gasteiger partial charge in [0.25, 0.3) is 0 Å².